The number of alkyl halides is 2. The van der Waals surface area contributed by atoms with E-state index in [1.165, 1.54) is 19.2 Å². The first-order valence-electron chi connectivity index (χ1n) is 5.10. The second-order valence-electron chi connectivity index (χ2n) is 4.01. The molecule has 0 aromatic heterocycles. The van der Waals surface area contributed by atoms with Gasteiger partial charge in [0.15, 0.2) is 0 Å². The molecule has 1 aromatic carbocycles. The Morgan fingerprint density at radius 1 is 1.20 bits per heavy atom. The van der Waals surface area contributed by atoms with E-state index in [4.69, 9.17) is 0 Å². The van der Waals surface area contributed by atoms with Crippen molar-refractivity contribution < 1.29 is 8.78 Å². The summed E-state index contributed by atoms with van der Waals surface area (Å²) in [6.07, 6.45) is 0. The van der Waals surface area contributed by atoms with Gasteiger partial charge in [-0.3, -0.25) is 0 Å². The van der Waals surface area contributed by atoms with Gasteiger partial charge in [-0.15, -0.1) is 0 Å². The monoisotopic (exact) mass is 213 g/mol. The number of halogens is 2. The molecule has 1 aromatic rings. The van der Waals surface area contributed by atoms with Crippen molar-refractivity contribution in [3.63, 3.8) is 0 Å². The molecule has 1 N–H and O–H groups in total. The summed E-state index contributed by atoms with van der Waals surface area (Å²) in [5.41, 5.74) is 1.15. The molecule has 0 aliphatic carbocycles. The van der Waals surface area contributed by atoms with E-state index in [1.54, 1.807) is 12.1 Å². The van der Waals surface area contributed by atoms with Gasteiger partial charge < -0.3 is 5.32 Å². The molecule has 0 unspecified atom stereocenters. The number of likely N-dealkylation sites (N-methyl/N-ethyl adjacent to an activating group) is 1. The molecule has 0 radical (unpaired) electrons. The SMILES string of the molecule is CNCC(F)(F)c1ccc(C(C)C)cc1. The molecule has 0 saturated carbocycles. The van der Waals surface area contributed by atoms with Crippen LogP contribution in [0.3, 0.4) is 0 Å². The minimum Gasteiger partial charge on any atom is -0.314 e. The maximum Gasteiger partial charge on any atom is 0.285 e. The lowest BCUT2D eigenvalue weighted by atomic mass is 9.99. The highest BCUT2D eigenvalue weighted by Gasteiger charge is 2.30. The second-order valence-corrected chi connectivity index (χ2v) is 4.01. The van der Waals surface area contributed by atoms with Crippen LogP contribution in [0.25, 0.3) is 0 Å². The third-order valence-electron chi connectivity index (χ3n) is 2.40. The summed E-state index contributed by atoms with van der Waals surface area (Å²) in [5, 5.41) is 2.49. The Morgan fingerprint density at radius 3 is 2.13 bits per heavy atom. The predicted octanol–water partition coefficient (Wildman–Crippen LogP) is 3.12. The van der Waals surface area contributed by atoms with Gasteiger partial charge in [0, 0.05) is 5.56 Å². The van der Waals surface area contributed by atoms with Gasteiger partial charge in [0.1, 0.15) is 0 Å². The van der Waals surface area contributed by atoms with Crippen LogP contribution in [-0.4, -0.2) is 13.6 Å². The lowest BCUT2D eigenvalue weighted by molar-refractivity contribution is -0.00127. The quantitative estimate of drug-likeness (QED) is 0.810. The zero-order chi connectivity index (χ0) is 11.5. The molecule has 0 bridgehead atoms. The molecule has 0 atom stereocenters. The predicted molar refractivity (Wildman–Crippen MR) is 58.4 cm³/mol. The molecule has 0 aliphatic heterocycles. The Labute approximate surface area is 89.5 Å². The number of nitrogens with one attached hydrogen (secondary N) is 1. The Hall–Kier alpha value is -0.960. The number of benzene rings is 1. The fraction of sp³-hybridized carbons (Fsp3) is 0.500. The van der Waals surface area contributed by atoms with E-state index >= 15 is 0 Å². The summed E-state index contributed by atoms with van der Waals surface area (Å²) in [4.78, 5) is 0. The minimum atomic E-state index is -2.79. The van der Waals surface area contributed by atoms with Gasteiger partial charge in [-0.1, -0.05) is 38.1 Å². The van der Waals surface area contributed by atoms with E-state index in [9.17, 15) is 8.78 Å². The third-order valence-corrected chi connectivity index (χ3v) is 2.40. The summed E-state index contributed by atoms with van der Waals surface area (Å²) in [5.74, 6) is -2.42. The molecule has 0 amide bonds. The van der Waals surface area contributed by atoms with Crippen LogP contribution >= 0.6 is 0 Å². The van der Waals surface area contributed by atoms with Gasteiger partial charge in [-0.2, -0.15) is 8.78 Å². The summed E-state index contributed by atoms with van der Waals surface area (Å²) in [6, 6.07) is 6.55. The van der Waals surface area contributed by atoms with Crippen LogP contribution in [-0.2, 0) is 5.92 Å². The van der Waals surface area contributed by atoms with Gasteiger partial charge in [0.05, 0.1) is 6.54 Å². The maximum absolute atomic E-state index is 13.4. The third kappa shape index (κ3) is 2.99. The Morgan fingerprint density at radius 2 is 1.73 bits per heavy atom. The lowest BCUT2D eigenvalue weighted by Gasteiger charge is -2.17. The standard InChI is InChI=1S/C12H17F2N/c1-9(2)10-4-6-11(7-5-10)12(13,14)8-15-3/h4-7,9,15H,8H2,1-3H3. The molecule has 0 saturated heterocycles. The second kappa shape index (κ2) is 4.71. The van der Waals surface area contributed by atoms with Gasteiger partial charge in [-0.25, -0.2) is 0 Å². The topological polar surface area (TPSA) is 12.0 Å². The average Bonchev–Trinajstić information content (AvgIpc) is 2.18. The van der Waals surface area contributed by atoms with Crippen LogP contribution < -0.4 is 5.32 Å². The highest BCUT2D eigenvalue weighted by Crippen LogP contribution is 2.28. The highest BCUT2D eigenvalue weighted by molar-refractivity contribution is 5.27. The van der Waals surface area contributed by atoms with Crippen LogP contribution in [0.4, 0.5) is 8.78 Å². The van der Waals surface area contributed by atoms with Crippen LogP contribution in [0.15, 0.2) is 24.3 Å². The number of rotatable bonds is 4. The smallest absolute Gasteiger partial charge is 0.285 e. The van der Waals surface area contributed by atoms with Crippen molar-refractivity contribution in [1.82, 2.24) is 5.32 Å². The first-order chi connectivity index (χ1) is 6.97. The van der Waals surface area contributed by atoms with Gasteiger partial charge in [0.25, 0.3) is 5.92 Å². The summed E-state index contributed by atoms with van der Waals surface area (Å²) >= 11 is 0. The summed E-state index contributed by atoms with van der Waals surface area (Å²) in [6.45, 7) is 3.76. The van der Waals surface area contributed by atoms with Crippen LogP contribution in [0, 0.1) is 0 Å². The Bertz CT molecular complexity index is 304. The van der Waals surface area contributed by atoms with Crippen molar-refractivity contribution in [3.8, 4) is 0 Å². The largest absolute Gasteiger partial charge is 0.314 e. The van der Waals surface area contributed by atoms with E-state index in [2.05, 4.69) is 5.32 Å². The van der Waals surface area contributed by atoms with Crippen molar-refractivity contribution >= 4 is 0 Å². The zero-order valence-corrected chi connectivity index (χ0v) is 9.35. The number of hydrogen-bond acceptors (Lipinski definition) is 1. The maximum atomic E-state index is 13.4. The normalized spacial score (nSPS) is 12.1. The number of hydrogen-bond donors (Lipinski definition) is 1. The first kappa shape index (κ1) is 12.1. The molecule has 0 fully saturated rings. The van der Waals surface area contributed by atoms with Crippen molar-refractivity contribution in [2.75, 3.05) is 13.6 Å². The van der Waals surface area contributed by atoms with Crippen molar-refractivity contribution in [2.45, 2.75) is 25.7 Å². The average molecular weight is 213 g/mol. The minimum absolute atomic E-state index is 0.0706. The molecule has 0 spiro atoms. The van der Waals surface area contributed by atoms with E-state index in [-0.39, 0.29) is 12.1 Å². The van der Waals surface area contributed by atoms with Crippen molar-refractivity contribution in [3.05, 3.63) is 35.4 Å². The van der Waals surface area contributed by atoms with Crippen molar-refractivity contribution in [1.29, 1.82) is 0 Å². The Balaban J connectivity index is 2.88. The lowest BCUT2D eigenvalue weighted by Crippen LogP contribution is -2.28. The van der Waals surface area contributed by atoms with E-state index in [1.807, 2.05) is 13.8 Å². The van der Waals surface area contributed by atoms with Crippen LogP contribution in [0.5, 0.6) is 0 Å². The highest BCUT2D eigenvalue weighted by atomic mass is 19.3. The molecular weight excluding hydrogens is 196 g/mol. The molecule has 3 heteroatoms. The molecular formula is C12H17F2N. The summed E-state index contributed by atoms with van der Waals surface area (Å²) < 4.78 is 26.9. The molecule has 1 nitrogen and oxygen atoms in total. The first-order valence-corrected chi connectivity index (χ1v) is 5.10. The van der Waals surface area contributed by atoms with Crippen molar-refractivity contribution in [2.24, 2.45) is 0 Å². The van der Waals surface area contributed by atoms with Gasteiger partial charge in [0.2, 0.25) is 0 Å². The van der Waals surface area contributed by atoms with E-state index < -0.39 is 5.92 Å². The molecule has 0 aliphatic rings. The van der Waals surface area contributed by atoms with Crippen LogP contribution in [0.2, 0.25) is 0 Å². The fourth-order valence-corrected chi connectivity index (χ4v) is 1.44. The molecule has 1 rings (SSSR count). The fourth-order valence-electron chi connectivity index (χ4n) is 1.44. The van der Waals surface area contributed by atoms with E-state index in [0.717, 1.165) is 5.56 Å². The molecule has 84 valence electrons. The zero-order valence-electron chi connectivity index (χ0n) is 9.35. The molecule has 15 heavy (non-hydrogen) atoms. The van der Waals surface area contributed by atoms with Crippen LogP contribution in [0.1, 0.15) is 30.9 Å². The summed E-state index contributed by atoms with van der Waals surface area (Å²) in [7, 11) is 1.52. The molecule has 0 heterocycles. The Kier molecular flexibility index (Phi) is 3.80. The van der Waals surface area contributed by atoms with Gasteiger partial charge in [-0.05, 0) is 18.5 Å². The van der Waals surface area contributed by atoms with Gasteiger partial charge >= 0.3 is 0 Å². The van der Waals surface area contributed by atoms with E-state index in [0.29, 0.717) is 5.92 Å².